The van der Waals surface area contributed by atoms with E-state index in [1.54, 1.807) is 17.6 Å². The van der Waals surface area contributed by atoms with Gasteiger partial charge in [-0.2, -0.15) is 5.10 Å². The second-order valence-corrected chi connectivity index (χ2v) is 5.93. The first-order valence-electron chi connectivity index (χ1n) is 6.84. The molecule has 22 heavy (non-hydrogen) atoms. The molecule has 3 aromatic heterocycles. The highest BCUT2D eigenvalue weighted by molar-refractivity contribution is 7.15. The first-order chi connectivity index (χ1) is 10.7. The molecule has 3 aromatic rings. The summed E-state index contributed by atoms with van der Waals surface area (Å²) in [4.78, 5) is 29.1. The molecule has 0 amide bonds. The van der Waals surface area contributed by atoms with Gasteiger partial charge in [0.15, 0.2) is 4.96 Å². The van der Waals surface area contributed by atoms with Crippen LogP contribution in [0.1, 0.15) is 17.0 Å². The fourth-order valence-electron chi connectivity index (χ4n) is 2.49. The van der Waals surface area contributed by atoms with Crippen molar-refractivity contribution in [2.24, 2.45) is 0 Å². The van der Waals surface area contributed by atoms with Crippen LogP contribution < -0.4 is 11.1 Å². The Balaban J connectivity index is 1.76. The summed E-state index contributed by atoms with van der Waals surface area (Å²) in [6.45, 7) is 1.23. The lowest BCUT2D eigenvalue weighted by Crippen LogP contribution is -2.28. The van der Waals surface area contributed by atoms with E-state index in [1.807, 2.05) is 0 Å². The third-order valence-electron chi connectivity index (χ3n) is 3.57. The van der Waals surface area contributed by atoms with Gasteiger partial charge in [0.2, 0.25) is 0 Å². The lowest BCUT2D eigenvalue weighted by Gasteiger charge is -2.16. The quantitative estimate of drug-likeness (QED) is 0.685. The third-order valence-corrected chi connectivity index (χ3v) is 4.33. The molecule has 0 N–H and O–H groups in total. The van der Waals surface area contributed by atoms with Gasteiger partial charge in [0.05, 0.1) is 31.1 Å². The second-order valence-electron chi connectivity index (χ2n) is 5.06. The topological polar surface area (TPSA) is 78.5 Å². The molecule has 0 spiro atoms. The Bertz CT molecular complexity index is 972. The van der Waals surface area contributed by atoms with Crippen LogP contribution >= 0.6 is 11.3 Å². The molecule has 0 atom stereocenters. The summed E-state index contributed by atoms with van der Waals surface area (Å²) in [6, 6.07) is 2.99. The SMILES string of the molecule is O=c1cc2c(nn1Cc1cc(=O)n3ccsc3n1)CCOC2. The molecule has 0 saturated heterocycles. The molecule has 4 heterocycles. The first kappa shape index (κ1) is 13.4. The smallest absolute Gasteiger partial charge is 0.267 e. The van der Waals surface area contributed by atoms with Gasteiger partial charge in [-0.05, 0) is 0 Å². The van der Waals surface area contributed by atoms with Gasteiger partial charge >= 0.3 is 0 Å². The van der Waals surface area contributed by atoms with Crippen molar-refractivity contribution in [2.75, 3.05) is 6.61 Å². The molecular weight excluding hydrogens is 304 g/mol. The maximum atomic E-state index is 12.1. The number of fused-ring (bicyclic) bond motifs is 2. The van der Waals surface area contributed by atoms with Gasteiger partial charge < -0.3 is 4.74 Å². The highest BCUT2D eigenvalue weighted by atomic mass is 32.1. The molecule has 0 radical (unpaired) electrons. The van der Waals surface area contributed by atoms with Crippen molar-refractivity contribution >= 4 is 16.3 Å². The van der Waals surface area contributed by atoms with Crippen molar-refractivity contribution in [1.29, 1.82) is 0 Å². The number of rotatable bonds is 2. The Morgan fingerprint density at radius 1 is 1.27 bits per heavy atom. The van der Waals surface area contributed by atoms with Crippen LogP contribution in [0.3, 0.4) is 0 Å². The first-order valence-corrected chi connectivity index (χ1v) is 7.72. The molecular formula is C14H12N4O3S. The number of thiazole rings is 1. The van der Waals surface area contributed by atoms with Gasteiger partial charge in [-0.1, -0.05) is 0 Å². The summed E-state index contributed by atoms with van der Waals surface area (Å²) in [5, 5.41) is 6.19. The Kier molecular flexibility index (Phi) is 3.12. The lowest BCUT2D eigenvalue weighted by atomic mass is 10.1. The van der Waals surface area contributed by atoms with Gasteiger partial charge in [-0.25, -0.2) is 9.67 Å². The van der Waals surface area contributed by atoms with Crippen LogP contribution in [0.15, 0.2) is 33.3 Å². The maximum Gasteiger partial charge on any atom is 0.267 e. The van der Waals surface area contributed by atoms with Crippen molar-refractivity contribution in [1.82, 2.24) is 19.2 Å². The average Bonchev–Trinajstić information content (AvgIpc) is 2.97. The molecule has 7 nitrogen and oxygen atoms in total. The van der Waals surface area contributed by atoms with Crippen LogP contribution in [0.4, 0.5) is 0 Å². The normalized spacial score (nSPS) is 14.2. The number of aromatic nitrogens is 4. The summed E-state index contributed by atoms with van der Waals surface area (Å²) >= 11 is 1.38. The zero-order chi connectivity index (χ0) is 15.1. The zero-order valence-corrected chi connectivity index (χ0v) is 12.4. The highest BCUT2D eigenvalue weighted by Gasteiger charge is 2.14. The van der Waals surface area contributed by atoms with E-state index < -0.39 is 0 Å². The van der Waals surface area contributed by atoms with Crippen molar-refractivity contribution in [3.05, 3.63) is 61.4 Å². The van der Waals surface area contributed by atoms with Gasteiger partial charge in [0.25, 0.3) is 11.1 Å². The summed E-state index contributed by atoms with van der Waals surface area (Å²) in [5.41, 5.74) is 1.89. The van der Waals surface area contributed by atoms with Crippen molar-refractivity contribution in [3.8, 4) is 0 Å². The van der Waals surface area contributed by atoms with Crippen LogP contribution in [0.25, 0.3) is 4.96 Å². The minimum atomic E-state index is -0.211. The van der Waals surface area contributed by atoms with Crippen LogP contribution in [0.2, 0.25) is 0 Å². The number of hydrogen-bond acceptors (Lipinski definition) is 6. The van der Waals surface area contributed by atoms with Gasteiger partial charge in [0.1, 0.15) is 0 Å². The van der Waals surface area contributed by atoms with E-state index in [1.165, 1.54) is 26.5 Å². The van der Waals surface area contributed by atoms with Crippen molar-refractivity contribution in [3.63, 3.8) is 0 Å². The van der Waals surface area contributed by atoms with Crippen molar-refractivity contribution < 1.29 is 4.74 Å². The fourth-order valence-corrected chi connectivity index (χ4v) is 3.23. The Morgan fingerprint density at radius 2 is 2.18 bits per heavy atom. The number of ether oxygens (including phenoxy) is 1. The molecule has 112 valence electrons. The molecule has 0 aromatic carbocycles. The predicted molar refractivity (Wildman–Crippen MR) is 80.3 cm³/mol. The average molecular weight is 316 g/mol. The number of nitrogens with zero attached hydrogens (tertiary/aromatic N) is 4. The Hall–Kier alpha value is -2.32. The van der Waals surface area contributed by atoms with Gasteiger partial charge in [-0.3, -0.25) is 14.0 Å². The fraction of sp³-hybridized carbons (Fsp3) is 0.286. The van der Waals surface area contributed by atoms with Gasteiger partial charge in [0, 0.05) is 35.7 Å². The van der Waals surface area contributed by atoms with E-state index in [0.29, 0.717) is 30.3 Å². The second kappa shape index (κ2) is 5.15. The summed E-state index contributed by atoms with van der Waals surface area (Å²) in [6.07, 6.45) is 2.37. The molecule has 0 saturated carbocycles. The van der Waals surface area contributed by atoms with Crippen molar-refractivity contribution in [2.45, 2.75) is 19.6 Å². The van der Waals surface area contributed by atoms with Crippen LogP contribution in [0.5, 0.6) is 0 Å². The Morgan fingerprint density at radius 3 is 3.09 bits per heavy atom. The van der Waals surface area contributed by atoms with E-state index in [2.05, 4.69) is 10.1 Å². The van der Waals surface area contributed by atoms with E-state index in [-0.39, 0.29) is 17.7 Å². The van der Waals surface area contributed by atoms with Gasteiger partial charge in [-0.15, -0.1) is 11.3 Å². The molecule has 0 unspecified atom stereocenters. The van der Waals surface area contributed by atoms with Crippen LogP contribution in [-0.4, -0.2) is 25.8 Å². The summed E-state index contributed by atoms with van der Waals surface area (Å²) in [5.74, 6) is 0. The summed E-state index contributed by atoms with van der Waals surface area (Å²) < 4.78 is 8.16. The molecule has 4 rings (SSSR count). The lowest BCUT2D eigenvalue weighted by molar-refractivity contribution is 0.108. The minimum Gasteiger partial charge on any atom is -0.376 e. The minimum absolute atomic E-state index is 0.152. The molecule has 0 aliphatic carbocycles. The largest absolute Gasteiger partial charge is 0.376 e. The standard InChI is InChI=1S/C14H12N4O3S/c19-12-6-10(15-14-17(12)2-4-22-14)7-18-13(20)5-9-8-21-3-1-11(9)16-18/h2,4-6H,1,3,7-8H2. The molecule has 8 heteroatoms. The number of hydrogen-bond donors (Lipinski definition) is 0. The molecule has 0 fully saturated rings. The monoisotopic (exact) mass is 316 g/mol. The van der Waals surface area contributed by atoms with E-state index in [4.69, 9.17) is 4.74 Å². The van der Waals surface area contributed by atoms with E-state index in [9.17, 15) is 9.59 Å². The van der Waals surface area contributed by atoms with Crippen LogP contribution in [0, 0.1) is 0 Å². The summed E-state index contributed by atoms with van der Waals surface area (Å²) in [7, 11) is 0. The van der Waals surface area contributed by atoms with E-state index >= 15 is 0 Å². The molecule has 0 bridgehead atoms. The highest BCUT2D eigenvalue weighted by Crippen LogP contribution is 2.12. The Labute approximate surface area is 128 Å². The molecule has 1 aliphatic rings. The predicted octanol–water partition coefficient (Wildman–Crippen LogP) is 0.434. The third kappa shape index (κ3) is 2.26. The molecule has 1 aliphatic heterocycles. The maximum absolute atomic E-state index is 12.1. The van der Waals surface area contributed by atoms with E-state index in [0.717, 1.165) is 11.3 Å². The van der Waals surface area contributed by atoms with Crippen LogP contribution in [-0.2, 0) is 24.3 Å². The zero-order valence-electron chi connectivity index (χ0n) is 11.6.